The molecule has 0 bridgehead atoms. The molecule has 0 aliphatic rings. The van der Waals surface area contributed by atoms with Gasteiger partial charge in [0.15, 0.2) is 0 Å². The van der Waals surface area contributed by atoms with Crippen LogP contribution in [0.4, 0.5) is 0 Å². The van der Waals surface area contributed by atoms with Gasteiger partial charge in [0.1, 0.15) is 6.54 Å². The number of aromatic nitrogens is 1. The molecule has 2 amide bonds. The third-order valence-electron chi connectivity index (χ3n) is 4.53. The molecular weight excluding hydrogens is 318 g/mol. The maximum atomic E-state index is 12.9. The van der Waals surface area contributed by atoms with E-state index < -0.39 is 0 Å². The van der Waals surface area contributed by atoms with Gasteiger partial charge in [-0.15, -0.1) is 0 Å². The van der Waals surface area contributed by atoms with Crippen molar-refractivity contribution in [2.45, 2.75) is 52.6 Å². The summed E-state index contributed by atoms with van der Waals surface area (Å²) >= 11 is 0. The summed E-state index contributed by atoms with van der Waals surface area (Å²) in [6, 6.07) is 4.02. The van der Waals surface area contributed by atoms with Gasteiger partial charge in [-0.2, -0.15) is 0 Å². The molecule has 25 heavy (non-hydrogen) atoms. The van der Waals surface area contributed by atoms with Crippen molar-refractivity contribution in [2.75, 3.05) is 26.8 Å². The number of amides is 2. The van der Waals surface area contributed by atoms with Crippen LogP contribution in [-0.2, 0) is 27.9 Å². The van der Waals surface area contributed by atoms with Gasteiger partial charge in [0.05, 0.1) is 13.2 Å². The van der Waals surface area contributed by atoms with E-state index in [0.717, 1.165) is 18.5 Å². The van der Waals surface area contributed by atoms with Crippen LogP contribution in [0.5, 0.6) is 0 Å². The fraction of sp³-hybridized carbons (Fsp3) is 0.684. The van der Waals surface area contributed by atoms with Crippen molar-refractivity contribution in [3.05, 3.63) is 24.0 Å². The lowest BCUT2D eigenvalue weighted by atomic mass is 10.2. The standard InChI is InChI=1S/C19H33N3O3/c1-6-9-18(23)22(16(3)7-2)15-19(24)21(12-13-25-5)14-17-10-8-11-20(17)4/h8,10-11,16H,6-7,9,12-15H2,1-5H3/t16-/m0/s1. The van der Waals surface area contributed by atoms with E-state index >= 15 is 0 Å². The molecule has 142 valence electrons. The third-order valence-corrected chi connectivity index (χ3v) is 4.53. The number of carbonyl (C=O) groups excluding carboxylic acids is 2. The highest BCUT2D eigenvalue weighted by Crippen LogP contribution is 2.11. The minimum absolute atomic E-state index is 0.0389. The van der Waals surface area contributed by atoms with Crippen LogP contribution in [0.3, 0.4) is 0 Å². The van der Waals surface area contributed by atoms with Gasteiger partial charge in [-0.25, -0.2) is 0 Å². The van der Waals surface area contributed by atoms with Gasteiger partial charge in [0.2, 0.25) is 11.8 Å². The van der Waals surface area contributed by atoms with Gasteiger partial charge in [0, 0.05) is 45.1 Å². The summed E-state index contributed by atoms with van der Waals surface area (Å²) in [7, 11) is 3.59. The molecule has 1 aromatic heterocycles. The van der Waals surface area contributed by atoms with Gasteiger partial charge in [0.25, 0.3) is 0 Å². The summed E-state index contributed by atoms with van der Waals surface area (Å²) < 4.78 is 7.15. The lowest BCUT2D eigenvalue weighted by Crippen LogP contribution is -2.47. The van der Waals surface area contributed by atoms with E-state index in [-0.39, 0.29) is 24.4 Å². The van der Waals surface area contributed by atoms with Crippen LogP contribution in [0.15, 0.2) is 18.3 Å². The number of rotatable bonds is 11. The van der Waals surface area contributed by atoms with E-state index in [1.54, 1.807) is 16.9 Å². The van der Waals surface area contributed by atoms with Crippen LogP contribution in [0.1, 0.15) is 45.7 Å². The molecule has 1 aromatic rings. The SMILES string of the molecule is CCCC(=O)N(CC(=O)N(CCOC)Cc1cccn1C)[C@@H](C)CC. The number of hydrogen-bond donors (Lipinski definition) is 0. The van der Waals surface area contributed by atoms with Crippen LogP contribution in [0.25, 0.3) is 0 Å². The predicted molar refractivity (Wildman–Crippen MR) is 99.1 cm³/mol. The Balaban J connectivity index is 2.86. The first-order valence-corrected chi connectivity index (χ1v) is 9.10. The average molecular weight is 351 g/mol. The van der Waals surface area contributed by atoms with Crippen molar-refractivity contribution in [3.63, 3.8) is 0 Å². The summed E-state index contributed by atoms with van der Waals surface area (Å²) in [5.74, 6) is 0.0127. The monoisotopic (exact) mass is 351 g/mol. The van der Waals surface area contributed by atoms with Crippen molar-refractivity contribution >= 4 is 11.8 Å². The normalized spacial score (nSPS) is 12.0. The van der Waals surface area contributed by atoms with Crippen LogP contribution in [0.2, 0.25) is 0 Å². The minimum Gasteiger partial charge on any atom is -0.383 e. The van der Waals surface area contributed by atoms with Crippen LogP contribution in [-0.4, -0.2) is 59.0 Å². The Bertz CT molecular complexity index is 542. The first-order chi connectivity index (χ1) is 11.9. The van der Waals surface area contributed by atoms with Gasteiger partial charge < -0.3 is 19.1 Å². The summed E-state index contributed by atoms with van der Waals surface area (Å²) in [6.45, 7) is 7.64. The zero-order valence-corrected chi connectivity index (χ0v) is 16.3. The molecule has 0 radical (unpaired) electrons. The van der Waals surface area contributed by atoms with Crippen molar-refractivity contribution in [3.8, 4) is 0 Å². The van der Waals surface area contributed by atoms with Gasteiger partial charge in [-0.1, -0.05) is 13.8 Å². The smallest absolute Gasteiger partial charge is 0.242 e. The number of ether oxygens (including phenoxy) is 1. The quantitative estimate of drug-likeness (QED) is 0.615. The zero-order chi connectivity index (χ0) is 18.8. The molecule has 0 N–H and O–H groups in total. The minimum atomic E-state index is -0.0389. The molecule has 1 atom stereocenters. The fourth-order valence-corrected chi connectivity index (χ4v) is 2.66. The molecule has 0 fully saturated rings. The molecule has 1 heterocycles. The van der Waals surface area contributed by atoms with Crippen molar-refractivity contribution in [2.24, 2.45) is 7.05 Å². The highest BCUT2D eigenvalue weighted by Gasteiger charge is 2.24. The van der Waals surface area contributed by atoms with Gasteiger partial charge in [-0.3, -0.25) is 9.59 Å². The molecule has 0 unspecified atom stereocenters. The largest absolute Gasteiger partial charge is 0.383 e. The topological polar surface area (TPSA) is 54.8 Å². The molecule has 0 aliphatic carbocycles. The van der Waals surface area contributed by atoms with Crippen molar-refractivity contribution < 1.29 is 14.3 Å². The lowest BCUT2D eigenvalue weighted by molar-refractivity contribution is -0.143. The summed E-state index contributed by atoms with van der Waals surface area (Å²) in [5, 5.41) is 0. The summed E-state index contributed by atoms with van der Waals surface area (Å²) in [5.41, 5.74) is 1.06. The number of methoxy groups -OCH3 is 1. The molecule has 6 heteroatoms. The number of nitrogens with zero attached hydrogens (tertiary/aromatic N) is 3. The molecule has 0 aliphatic heterocycles. The molecule has 6 nitrogen and oxygen atoms in total. The first-order valence-electron chi connectivity index (χ1n) is 9.10. The highest BCUT2D eigenvalue weighted by atomic mass is 16.5. The number of carbonyl (C=O) groups is 2. The second kappa shape index (κ2) is 10.9. The number of hydrogen-bond acceptors (Lipinski definition) is 3. The first kappa shape index (κ1) is 21.2. The second-order valence-electron chi connectivity index (χ2n) is 6.45. The maximum Gasteiger partial charge on any atom is 0.242 e. The molecule has 0 saturated heterocycles. The van der Waals surface area contributed by atoms with E-state index in [2.05, 4.69) is 0 Å². The fourth-order valence-electron chi connectivity index (χ4n) is 2.66. The van der Waals surface area contributed by atoms with E-state index in [0.29, 0.717) is 26.1 Å². The number of aryl methyl sites for hydroxylation is 1. The molecule has 0 aromatic carbocycles. The Morgan fingerprint density at radius 1 is 1.28 bits per heavy atom. The second-order valence-corrected chi connectivity index (χ2v) is 6.45. The van der Waals surface area contributed by atoms with E-state index in [1.807, 2.05) is 50.7 Å². The van der Waals surface area contributed by atoms with Crippen molar-refractivity contribution in [1.29, 1.82) is 0 Å². The van der Waals surface area contributed by atoms with E-state index in [4.69, 9.17) is 4.74 Å². The summed E-state index contributed by atoms with van der Waals surface area (Å²) in [6.07, 6.45) is 4.06. The van der Waals surface area contributed by atoms with Crippen LogP contribution >= 0.6 is 0 Å². The van der Waals surface area contributed by atoms with Crippen molar-refractivity contribution in [1.82, 2.24) is 14.4 Å². The molecule has 0 saturated carbocycles. The Hall–Kier alpha value is -1.82. The van der Waals surface area contributed by atoms with E-state index in [9.17, 15) is 9.59 Å². The van der Waals surface area contributed by atoms with E-state index in [1.165, 1.54) is 0 Å². The molecular formula is C19H33N3O3. The zero-order valence-electron chi connectivity index (χ0n) is 16.3. The highest BCUT2D eigenvalue weighted by molar-refractivity contribution is 5.85. The average Bonchev–Trinajstić information content (AvgIpc) is 3.00. The van der Waals surface area contributed by atoms with Crippen LogP contribution in [0, 0.1) is 0 Å². The lowest BCUT2D eigenvalue weighted by Gasteiger charge is -2.31. The Labute approximate surface area is 151 Å². The Kier molecular flexibility index (Phi) is 9.27. The maximum absolute atomic E-state index is 12.9. The third kappa shape index (κ3) is 6.53. The van der Waals surface area contributed by atoms with Gasteiger partial charge in [-0.05, 0) is 31.9 Å². The predicted octanol–water partition coefficient (Wildman–Crippen LogP) is 2.43. The van der Waals surface area contributed by atoms with Gasteiger partial charge >= 0.3 is 0 Å². The summed E-state index contributed by atoms with van der Waals surface area (Å²) in [4.78, 5) is 28.8. The Morgan fingerprint density at radius 3 is 2.52 bits per heavy atom. The molecule has 0 spiro atoms. The Morgan fingerprint density at radius 2 is 2.00 bits per heavy atom. The molecule has 1 rings (SSSR count). The van der Waals surface area contributed by atoms with Crippen LogP contribution < -0.4 is 0 Å².